The number of pyridine rings is 1. The molecule has 7 heteroatoms. The fourth-order valence-corrected chi connectivity index (χ4v) is 2.75. The van der Waals surface area contributed by atoms with E-state index in [0.717, 1.165) is 5.69 Å². The predicted octanol–water partition coefficient (Wildman–Crippen LogP) is 2.29. The molecule has 2 amide bonds. The highest BCUT2D eigenvalue weighted by Crippen LogP contribution is 2.47. The van der Waals surface area contributed by atoms with Crippen LogP contribution in [0.5, 0.6) is 0 Å². The Balaban J connectivity index is 1.67. The van der Waals surface area contributed by atoms with Crippen molar-refractivity contribution < 1.29 is 19.1 Å². The first-order chi connectivity index (χ1) is 13.1. The molecule has 140 valence electrons. The molecular formula is C20H21N3O4. The first kappa shape index (κ1) is 18.6. The molecule has 0 bridgehead atoms. The maximum Gasteiger partial charge on any atom is 0.340 e. The number of hydrogen-bond acceptors (Lipinski definition) is 5. The van der Waals surface area contributed by atoms with E-state index in [4.69, 9.17) is 4.74 Å². The molecule has 0 aliphatic heterocycles. The van der Waals surface area contributed by atoms with E-state index in [1.54, 1.807) is 49.5 Å². The normalized spacial score (nSPS) is 14.1. The summed E-state index contributed by atoms with van der Waals surface area (Å²) in [5, 5.41) is 5.49. The van der Waals surface area contributed by atoms with Crippen molar-refractivity contribution in [3.05, 3.63) is 59.9 Å². The molecule has 1 aromatic carbocycles. The summed E-state index contributed by atoms with van der Waals surface area (Å²) in [6, 6.07) is 12.0. The number of nitrogens with zero attached hydrogens (tertiary/aromatic N) is 1. The molecule has 1 saturated carbocycles. The number of para-hydroxylation sites is 1. The highest BCUT2D eigenvalue weighted by atomic mass is 16.5. The Morgan fingerprint density at radius 1 is 1.07 bits per heavy atom. The number of esters is 1. The van der Waals surface area contributed by atoms with Gasteiger partial charge < -0.3 is 15.4 Å². The monoisotopic (exact) mass is 367 g/mol. The standard InChI is InChI=1S/C20H21N3O4/c1-2-27-17(24)15-8-3-4-9-16(15)23-19(26)20(10-11-20)18(25)22-13-14-7-5-6-12-21-14/h3-9,12H,2,10-11,13H2,1H3,(H,22,25)(H,23,26). The van der Waals surface area contributed by atoms with E-state index in [-0.39, 0.29) is 24.6 Å². The van der Waals surface area contributed by atoms with Gasteiger partial charge in [-0.1, -0.05) is 18.2 Å². The molecule has 2 aromatic rings. The summed E-state index contributed by atoms with van der Waals surface area (Å²) in [6.45, 7) is 2.21. The van der Waals surface area contributed by atoms with Crippen LogP contribution in [0, 0.1) is 5.41 Å². The van der Waals surface area contributed by atoms with Gasteiger partial charge in [-0.15, -0.1) is 0 Å². The molecule has 3 rings (SSSR count). The molecule has 2 N–H and O–H groups in total. The summed E-state index contributed by atoms with van der Waals surface area (Å²) < 4.78 is 5.01. The van der Waals surface area contributed by atoms with Gasteiger partial charge in [0.15, 0.2) is 0 Å². The molecular weight excluding hydrogens is 346 g/mol. The van der Waals surface area contributed by atoms with Crippen LogP contribution in [0.25, 0.3) is 0 Å². The van der Waals surface area contributed by atoms with Crippen LogP contribution in [0.1, 0.15) is 35.8 Å². The number of amides is 2. The number of nitrogens with one attached hydrogen (secondary N) is 2. The zero-order valence-corrected chi connectivity index (χ0v) is 15.0. The lowest BCUT2D eigenvalue weighted by Crippen LogP contribution is -2.40. The van der Waals surface area contributed by atoms with Crippen LogP contribution in [0.2, 0.25) is 0 Å². The van der Waals surface area contributed by atoms with Gasteiger partial charge in [-0.3, -0.25) is 14.6 Å². The van der Waals surface area contributed by atoms with Gasteiger partial charge in [0.2, 0.25) is 11.8 Å². The van der Waals surface area contributed by atoms with Crippen LogP contribution in [-0.4, -0.2) is 29.4 Å². The third-order valence-corrected chi connectivity index (χ3v) is 4.45. The maximum absolute atomic E-state index is 12.7. The van der Waals surface area contributed by atoms with Gasteiger partial charge in [0.1, 0.15) is 5.41 Å². The summed E-state index contributed by atoms with van der Waals surface area (Å²) in [5.74, 6) is -1.27. The van der Waals surface area contributed by atoms with E-state index < -0.39 is 17.3 Å². The average Bonchev–Trinajstić information content (AvgIpc) is 3.50. The van der Waals surface area contributed by atoms with E-state index >= 15 is 0 Å². The lowest BCUT2D eigenvalue weighted by Gasteiger charge is -2.16. The summed E-state index contributed by atoms with van der Waals surface area (Å²) in [7, 11) is 0. The SMILES string of the molecule is CCOC(=O)c1ccccc1NC(=O)C1(C(=O)NCc2ccccn2)CC1. The van der Waals surface area contributed by atoms with Gasteiger partial charge in [-0.2, -0.15) is 0 Å². The van der Waals surface area contributed by atoms with Crippen LogP contribution in [0.4, 0.5) is 5.69 Å². The predicted molar refractivity (Wildman–Crippen MR) is 98.8 cm³/mol. The highest BCUT2D eigenvalue weighted by molar-refractivity contribution is 6.14. The van der Waals surface area contributed by atoms with Gasteiger partial charge in [-0.25, -0.2) is 4.79 Å². The largest absolute Gasteiger partial charge is 0.462 e. The topological polar surface area (TPSA) is 97.4 Å². The molecule has 1 aliphatic rings. The minimum Gasteiger partial charge on any atom is -0.462 e. The van der Waals surface area contributed by atoms with E-state index in [1.807, 2.05) is 6.07 Å². The van der Waals surface area contributed by atoms with Crippen molar-refractivity contribution in [1.29, 1.82) is 0 Å². The number of carbonyl (C=O) groups is 3. The molecule has 1 heterocycles. The first-order valence-corrected chi connectivity index (χ1v) is 8.82. The van der Waals surface area contributed by atoms with Crippen molar-refractivity contribution in [2.45, 2.75) is 26.3 Å². The second-order valence-corrected chi connectivity index (χ2v) is 6.31. The fraction of sp³-hybridized carbons (Fsp3) is 0.300. The number of hydrogen-bond donors (Lipinski definition) is 2. The molecule has 0 atom stereocenters. The van der Waals surface area contributed by atoms with Gasteiger partial charge >= 0.3 is 5.97 Å². The number of rotatable bonds is 7. The summed E-state index contributed by atoms with van der Waals surface area (Å²) in [6.07, 6.45) is 2.58. The Bertz CT molecular complexity index is 847. The average molecular weight is 367 g/mol. The molecule has 1 aromatic heterocycles. The van der Waals surface area contributed by atoms with Crippen molar-refractivity contribution in [2.75, 3.05) is 11.9 Å². The molecule has 1 aliphatic carbocycles. The number of anilines is 1. The summed E-state index contributed by atoms with van der Waals surface area (Å²) in [5.41, 5.74) is 0.216. The lowest BCUT2D eigenvalue weighted by atomic mass is 10.0. The minimum atomic E-state index is -1.10. The van der Waals surface area contributed by atoms with Gasteiger partial charge in [-0.05, 0) is 44.0 Å². The van der Waals surface area contributed by atoms with E-state index in [2.05, 4.69) is 15.6 Å². The Morgan fingerprint density at radius 2 is 1.81 bits per heavy atom. The summed E-state index contributed by atoms with van der Waals surface area (Å²) >= 11 is 0. The van der Waals surface area contributed by atoms with Crippen LogP contribution in [-0.2, 0) is 20.9 Å². The quantitative estimate of drug-likeness (QED) is 0.578. The molecule has 0 spiro atoms. The van der Waals surface area contributed by atoms with Crippen molar-refractivity contribution in [2.24, 2.45) is 5.41 Å². The van der Waals surface area contributed by atoms with Crippen molar-refractivity contribution in [1.82, 2.24) is 10.3 Å². The van der Waals surface area contributed by atoms with Crippen LogP contribution >= 0.6 is 0 Å². The molecule has 7 nitrogen and oxygen atoms in total. The van der Waals surface area contributed by atoms with Crippen LogP contribution in [0.3, 0.4) is 0 Å². The van der Waals surface area contributed by atoms with Gasteiger partial charge in [0.25, 0.3) is 0 Å². The second kappa shape index (κ2) is 7.99. The van der Waals surface area contributed by atoms with Crippen LogP contribution < -0.4 is 10.6 Å². The van der Waals surface area contributed by atoms with Crippen LogP contribution in [0.15, 0.2) is 48.7 Å². The molecule has 27 heavy (non-hydrogen) atoms. The van der Waals surface area contributed by atoms with Gasteiger partial charge in [0.05, 0.1) is 30.1 Å². The van der Waals surface area contributed by atoms with E-state index in [1.165, 1.54) is 0 Å². The number of ether oxygens (including phenoxy) is 1. The Morgan fingerprint density at radius 3 is 2.48 bits per heavy atom. The highest BCUT2D eigenvalue weighted by Gasteiger charge is 2.56. The molecule has 0 unspecified atom stereocenters. The Hall–Kier alpha value is -3.22. The number of carbonyl (C=O) groups excluding carboxylic acids is 3. The third kappa shape index (κ3) is 4.13. The van der Waals surface area contributed by atoms with Gasteiger partial charge in [0, 0.05) is 6.20 Å². The zero-order chi connectivity index (χ0) is 19.3. The number of benzene rings is 1. The molecule has 0 radical (unpaired) electrons. The fourth-order valence-electron chi connectivity index (χ4n) is 2.75. The minimum absolute atomic E-state index is 0.237. The second-order valence-electron chi connectivity index (χ2n) is 6.31. The maximum atomic E-state index is 12.7. The van der Waals surface area contributed by atoms with E-state index in [0.29, 0.717) is 18.5 Å². The smallest absolute Gasteiger partial charge is 0.340 e. The lowest BCUT2D eigenvalue weighted by molar-refractivity contribution is -0.134. The number of aromatic nitrogens is 1. The Kier molecular flexibility index (Phi) is 5.49. The summed E-state index contributed by atoms with van der Waals surface area (Å²) in [4.78, 5) is 41.5. The van der Waals surface area contributed by atoms with E-state index in [9.17, 15) is 14.4 Å². The van der Waals surface area contributed by atoms with Crippen molar-refractivity contribution in [3.8, 4) is 0 Å². The van der Waals surface area contributed by atoms with Crippen molar-refractivity contribution >= 4 is 23.5 Å². The third-order valence-electron chi connectivity index (χ3n) is 4.45. The zero-order valence-electron chi connectivity index (χ0n) is 15.0. The molecule has 0 saturated heterocycles. The first-order valence-electron chi connectivity index (χ1n) is 8.82. The molecule has 1 fully saturated rings. The Labute approximate surface area is 157 Å². The van der Waals surface area contributed by atoms with Crippen molar-refractivity contribution in [3.63, 3.8) is 0 Å².